The lowest BCUT2D eigenvalue weighted by molar-refractivity contribution is 0.379. The lowest BCUT2D eigenvalue weighted by Crippen LogP contribution is -2.44. The van der Waals surface area contributed by atoms with Crippen LogP contribution in [-0.2, 0) is 18.4 Å². The van der Waals surface area contributed by atoms with E-state index in [2.05, 4.69) is 65.0 Å². The predicted octanol–water partition coefficient (Wildman–Crippen LogP) is 3.80. The SMILES string of the molecule is CCNC(=NCc1cc(CC)no1)NCC1(c2ccccc2)CCCC1. The van der Waals surface area contributed by atoms with E-state index in [0.29, 0.717) is 6.54 Å². The molecule has 0 saturated heterocycles. The third kappa shape index (κ3) is 4.45. The highest BCUT2D eigenvalue weighted by Crippen LogP contribution is 2.40. The standard InChI is InChI=1S/C21H30N4O/c1-3-18-14-19(26-25-18)15-23-20(22-4-2)24-16-21(12-8-9-13-21)17-10-6-5-7-11-17/h5-7,10-11,14H,3-4,8-9,12-13,15-16H2,1-2H3,(H2,22,23,24). The highest BCUT2D eigenvalue weighted by atomic mass is 16.5. The van der Waals surface area contributed by atoms with Gasteiger partial charge in [-0.15, -0.1) is 0 Å². The first-order valence-corrected chi connectivity index (χ1v) is 9.78. The molecule has 140 valence electrons. The molecule has 0 spiro atoms. The van der Waals surface area contributed by atoms with Crippen molar-refractivity contribution in [2.45, 2.75) is 57.9 Å². The van der Waals surface area contributed by atoms with E-state index in [4.69, 9.17) is 4.52 Å². The second-order valence-corrected chi connectivity index (χ2v) is 7.04. The zero-order chi connectivity index (χ0) is 18.2. The van der Waals surface area contributed by atoms with Crippen molar-refractivity contribution in [2.75, 3.05) is 13.1 Å². The van der Waals surface area contributed by atoms with Crippen LogP contribution in [0, 0.1) is 0 Å². The van der Waals surface area contributed by atoms with Crippen LogP contribution in [-0.4, -0.2) is 24.2 Å². The van der Waals surface area contributed by atoms with Gasteiger partial charge in [-0.1, -0.05) is 55.3 Å². The molecule has 3 rings (SSSR count). The zero-order valence-electron chi connectivity index (χ0n) is 15.9. The van der Waals surface area contributed by atoms with E-state index in [0.717, 1.165) is 36.9 Å². The van der Waals surface area contributed by atoms with E-state index in [1.807, 2.05) is 6.07 Å². The van der Waals surface area contributed by atoms with E-state index in [9.17, 15) is 0 Å². The Balaban J connectivity index is 1.67. The first-order valence-electron chi connectivity index (χ1n) is 9.78. The van der Waals surface area contributed by atoms with Crippen molar-refractivity contribution in [3.05, 3.63) is 53.4 Å². The Bertz CT molecular complexity index is 702. The number of aliphatic imine (C=N–C) groups is 1. The summed E-state index contributed by atoms with van der Waals surface area (Å²) in [7, 11) is 0. The maximum Gasteiger partial charge on any atom is 0.191 e. The fourth-order valence-corrected chi connectivity index (χ4v) is 3.76. The first kappa shape index (κ1) is 18.5. The lowest BCUT2D eigenvalue weighted by Gasteiger charge is -2.30. The summed E-state index contributed by atoms with van der Waals surface area (Å²) in [6, 6.07) is 12.9. The molecule has 1 aromatic carbocycles. The highest BCUT2D eigenvalue weighted by Gasteiger charge is 2.35. The topological polar surface area (TPSA) is 62.5 Å². The van der Waals surface area contributed by atoms with Crippen molar-refractivity contribution in [1.82, 2.24) is 15.8 Å². The molecule has 0 aliphatic heterocycles. The number of aromatic nitrogens is 1. The Hall–Kier alpha value is -2.30. The van der Waals surface area contributed by atoms with Gasteiger partial charge in [0.05, 0.1) is 5.69 Å². The average Bonchev–Trinajstić information content (AvgIpc) is 3.35. The summed E-state index contributed by atoms with van der Waals surface area (Å²) in [5.41, 5.74) is 2.62. The maximum absolute atomic E-state index is 5.34. The van der Waals surface area contributed by atoms with Gasteiger partial charge < -0.3 is 15.2 Å². The minimum Gasteiger partial charge on any atom is -0.359 e. The summed E-state index contributed by atoms with van der Waals surface area (Å²) in [6.45, 7) is 6.39. The molecule has 0 bridgehead atoms. The van der Waals surface area contributed by atoms with Crippen LogP contribution in [0.4, 0.5) is 0 Å². The minimum absolute atomic E-state index is 0.207. The second-order valence-electron chi connectivity index (χ2n) is 7.04. The van der Waals surface area contributed by atoms with Crippen LogP contribution in [0.3, 0.4) is 0 Å². The molecule has 1 saturated carbocycles. The van der Waals surface area contributed by atoms with Crippen LogP contribution in [0.5, 0.6) is 0 Å². The summed E-state index contributed by atoms with van der Waals surface area (Å²) >= 11 is 0. The molecule has 2 N–H and O–H groups in total. The van der Waals surface area contributed by atoms with Crippen LogP contribution in [0.15, 0.2) is 45.9 Å². The number of nitrogens with one attached hydrogen (secondary N) is 2. The van der Waals surface area contributed by atoms with Crippen LogP contribution in [0.2, 0.25) is 0 Å². The molecule has 0 radical (unpaired) electrons. The van der Waals surface area contributed by atoms with Gasteiger partial charge in [-0.25, -0.2) is 4.99 Å². The summed E-state index contributed by atoms with van der Waals surface area (Å²) in [4.78, 5) is 4.68. The van der Waals surface area contributed by atoms with Crippen molar-refractivity contribution >= 4 is 5.96 Å². The van der Waals surface area contributed by atoms with Gasteiger partial charge in [0, 0.05) is 24.6 Å². The number of hydrogen-bond acceptors (Lipinski definition) is 3. The van der Waals surface area contributed by atoms with E-state index in [1.54, 1.807) is 0 Å². The van der Waals surface area contributed by atoms with Crippen molar-refractivity contribution in [3.63, 3.8) is 0 Å². The molecular formula is C21H30N4O. The zero-order valence-corrected chi connectivity index (χ0v) is 15.9. The Kier molecular flexibility index (Phi) is 6.31. The third-order valence-electron chi connectivity index (χ3n) is 5.25. The molecule has 0 atom stereocenters. The fraction of sp³-hybridized carbons (Fsp3) is 0.524. The molecule has 5 nitrogen and oxygen atoms in total. The van der Waals surface area contributed by atoms with Crippen LogP contribution < -0.4 is 10.6 Å². The highest BCUT2D eigenvalue weighted by molar-refractivity contribution is 5.79. The number of hydrogen-bond donors (Lipinski definition) is 2. The van der Waals surface area contributed by atoms with Crippen molar-refractivity contribution < 1.29 is 4.52 Å². The second kappa shape index (κ2) is 8.88. The van der Waals surface area contributed by atoms with Crippen LogP contribution >= 0.6 is 0 Å². The molecule has 2 aromatic rings. The van der Waals surface area contributed by atoms with Crippen LogP contribution in [0.25, 0.3) is 0 Å². The molecule has 1 fully saturated rings. The third-order valence-corrected chi connectivity index (χ3v) is 5.25. The van der Waals surface area contributed by atoms with Gasteiger partial charge in [0.25, 0.3) is 0 Å². The first-order chi connectivity index (χ1) is 12.8. The maximum atomic E-state index is 5.34. The fourth-order valence-electron chi connectivity index (χ4n) is 3.76. The van der Waals surface area contributed by atoms with E-state index in [1.165, 1.54) is 31.2 Å². The Morgan fingerprint density at radius 3 is 2.58 bits per heavy atom. The number of benzene rings is 1. The van der Waals surface area contributed by atoms with Gasteiger partial charge in [0.1, 0.15) is 6.54 Å². The Morgan fingerprint density at radius 1 is 1.15 bits per heavy atom. The van der Waals surface area contributed by atoms with E-state index >= 15 is 0 Å². The molecule has 1 aliphatic rings. The molecule has 1 heterocycles. The molecule has 1 aliphatic carbocycles. The number of aryl methyl sites for hydroxylation is 1. The normalized spacial score (nSPS) is 16.6. The van der Waals surface area contributed by atoms with Gasteiger partial charge in [-0.3, -0.25) is 0 Å². The van der Waals surface area contributed by atoms with E-state index in [-0.39, 0.29) is 5.41 Å². The summed E-state index contributed by atoms with van der Waals surface area (Å²) in [5.74, 6) is 1.64. The summed E-state index contributed by atoms with van der Waals surface area (Å²) in [5, 5.41) is 10.9. The average molecular weight is 354 g/mol. The predicted molar refractivity (Wildman–Crippen MR) is 105 cm³/mol. The van der Waals surface area contributed by atoms with Crippen molar-refractivity contribution in [2.24, 2.45) is 4.99 Å². The lowest BCUT2D eigenvalue weighted by atomic mass is 9.79. The van der Waals surface area contributed by atoms with Gasteiger partial charge in [-0.2, -0.15) is 0 Å². The number of nitrogens with zero attached hydrogens (tertiary/aromatic N) is 2. The van der Waals surface area contributed by atoms with Gasteiger partial charge in [-0.05, 0) is 31.7 Å². The number of guanidine groups is 1. The molecule has 26 heavy (non-hydrogen) atoms. The van der Waals surface area contributed by atoms with Crippen LogP contribution in [0.1, 0.15) is 56.5 Å². The monoisotopic (exact) mass is 354 g/mol. The molecular weight excluding hydrogens is 324 g/mol. The van der Waals surface area contributed by atoms with Gasteiger partial charge in [0.2, 0.25) is 0 Å². The van der Waals surface area contributed by atoms with E-state index < -0.39 is 0 Å². The molecule has 0 amide bonds. The van der Waals surface area contributed by atoms with Crippen molar-refractivity contribution in [1.29, 1.82) is 0 Å². The summed E-state index contributed by atoms with van der Waals surface area (Å²) < 4.78 is 5.34. The molecule has 1 aromatic heterocycles. The largest absolute Gasteiger partial charge is 0.359 e. The Morgan fingerprint density at radius 2 is 1.92 bits per heavy atom. The smallest absolute Gasteiger partial charge is 0.191 e. The molecule has 5 heteroatoms. The van der Waals surface area contributed by atoms with Gasteiger partial charge in [0.15, 0.2) is 11.7 Å². The number of rotatable bonds is 7. The minimum atomic E-state index is 0.207. The van der Waals surface area contributed by atoms with Gasteiger partial charge >= 0.3 is 0 Å². The summed E-state index contributed by atoms with van der Waals surface area (Å²) in [6.07, 6.45) is 5.92. The quantitative estimate of drug-likeness (QED) is 0.586. The molecule has 0 unspecified atom stereocenters. The van der Waals surface area contributed by atoms with Crippen molar-refractivity contribution in [3.8, 4) is 0 Å². The Labute approximate surface area is 156 Å².